The molecule has 0 atom stereocenters. The van der Waals surface area contributed by atoms with Crippen LogP contribution in [0.3, 0.4) is 0 Å². The van der Waals surface area contributed by atoms with E-state index in [1.807, 2.05) is 32.0 Å². The van der Waals surface area contributed by atoms with Crippen molar-refractivity contribution in [1.82, 2.24) is 29.9 Å². The second-order valence-electron chi connectivity index (χ2n) is 7.84. The highest BCUT2D eigenvalue weighted by Crippen LogP contribution is 2.34. The molecule has 0 bridgehead atoms. The molecule has 0 saturated heterocycles. The van der Waals surface area contributed by atoms with Gasteiger partial charge in [-0.05, 0) is 32.0 Å². The lowest BCUT2D eigenvalue weighted by Crippen LogP contribution is -2.14. The molecule has 11 heteroatoms. The number of nitrogens with zero attached hydrogens (tertiary/aromatic N) is 6. The van der Waals surface area contributed by atoms with Crippen LogP contribution in [-0.2, 0) is 0 Å². The first kappa shape index (κ1) is 23.2. The summed E-state index contributed by atoms with van der Waals surface area (Å²) >= 11 is 1.24. The normalized spacial score (nSPS) is 10.9. The highest BCUT2D eigenvalue weighted by molar-refractivity contribution is 7.21. The Hall–Kier alpha value is -4.51. The maximum Gasteiger partial charge on any atom is 0.259 e. The number of carbonyl (C=O) groups is 1. The van der Waals surface area contributed by atoms with Crippen LogP contribution in [0.1, 0.15) is 21.7 Å². The van der Waals surface area contributed by atoms with Gasteiger partial charge in [0.05, 0.1) is 37.9 Å². The first-order valence-electron chi connectivity index (χ1n) is 10.9. The number of aryl methyl sites for hydroxylation is 2. The van der Waals surface area contributed by atoms with Crippen LogP contribution in [-0.4, -0.2) is 50.0 Å². The highest BCUT2D eigenvalue weighted by Gasteiger charge is 2.19. The minimum Gasteiger partial charge on any atom is -0.494 e. The molecule has 5 heterocycles. The van der Waals surface area contributed by atoms with Crippen molar-refractivity contribution in [3.05, 3.63) is 66.0 Å². The lowest BCUT2D eigenvalue weighted by molar-refractivity contribution is 0.102. The predicted molar refractivity (Wildman–Crippen MR) is 136 cm³/mol. The van der Waals surface area contributed by atoms with Crippen LogP contribution in [0, 0.1) is 13.8 Å². The molecule has 1 amide bonds. The van der Waals surface area contributed by atoms with E-state index in [4.69, 9.17) is 9.47 Å². The average Bonchev–Trinajstić information content (AvgIpc) is 3.30. The van der Waals surface area contributed by atoms with E-state index in [0.717, 1.165) is 22.5 Å². The lowest BCUT2D eigenvalue weighted by Gasteiger charge is -2.13. The van der Waals surface area contributed by atoms with Crippen molar-refractivity contribution in [2.75, 3.05) is 19.5 Å². The molecule has 0 fully saturated rings. The summed E-state index contributed by atoms with van der Waals surface area (Å²) in [5, 5.41) is 3.25. The Morgan fingerprint density at radius 3 is 2.44 bits per heavy atom. The number of carbonyl (C=O) groups excluding carboxylic acids is 1. The van der Waals surface area contributed by atoms with E-state index in [1.54, 1.807) is 45.1 Å². The zero-order chi connectivity index (χ0) is 25.2. The summed E-state index contributed by atoms with van der Waals surface area (Å²) in [6.07, 6.45) is 6.46. The van der Waals surface area contributed by atoms with Gasteiger partial charge in [0.1, 0.15) is 5.75 Å². The van der Waals surface area contributed by atoms with Crippen LogP contribution in [0.2, 0.25) is 0 Å². The smallest absolute Gasteiger partial charge is 0.259 e. The fourth-order valence-corrected chi connectivity index (χ4v) is 4.44. The number of rotatable bonds is 6. The van der Waals surface area contributed by atoms with Crippen molar-refractivity contribution in [3.63, 3.8) is 0 Å². The average molecular weight is 500 g/mol. The molecule has 0 aliphatic carbocycles. The van der Waals surface area contributed by atoms with Crippen LogP contribution in [0.4, 0.5) is 5.13 Å². The summed E-state index contributed by atoms with van der Waals surface area (Å²) in [7, 11) is 3.13. The van der Waals surface area contributed by atoms with Crippen LogP contribution < -0.4 is 14.8 Å². The summed E-state index contributed by atoms with van der Waals surface area (Å²) < 4.78 is 10.7. The van der Waals surface area contributed by atoms with Crippen LogP contribution in [0.25, 0.3) is 32.9 Å². The van der Waals surface area contributed by atoms with E-state index in [2.05, 4.69) is 35.2 Å². The van der Waals surface area contributed by atoms with Gasteiger partial charge in [-0.25, -0.2) is 15.0 Å². The standard InChI is InChI=1S/C25H21N7O3S/c1-13-7-16(17-8-14(2)28-12-20(17)34-3)18(10-27-13)23(33)32-25-31-22-24(36-25)30-19(11-29-22)15-5-6-26-21(9-15)35-4/h5-12H,1-4H3,(H,29,31,32,33). The zero-order valence-electron chi connectivity index (χ0n) is 19.9. The molecule has 36 heavy (non-hydrogen) atoms. The summed E-state index contributed by atoms with van der Waals surface area (Å²) in [6.45, 7) is 3.75. The third kappa shape index (κ3) is 4.56. The van der Waals surface area contributed by atoms with Gasteiger partial charge in [-0.1, -0.05) is 11.3 Å². The molecule has 10 nitrogen and oxygen atoms in total. The number of aromatic nitrogens is 6. The zero-order valence-corrected chi connectivity index (χ0v) is 20.8. The maximum absolute atomic E-state index is 13.3. The van der Waals surface area contributed by atoms with Crippen LogP contribution in [0.15, 0.2) is 49.1 Å². The minimum atomic E-state index is -0.354. The summed E-state index contributed by atoms with van der Waals surface area (Å²) in [5.41, 5.74) is 5.30. The largest absolute Gasteiger partial charge is 0.494 e. The topological polar surface area (TPSA) is 125 Å². The Balaban J connectivity index is 1.47. The minimum absolute atomic E-state index is 0.354. The van der Waals surface area contributed by atoms with E-state index in [9.17, 15) is 4.79 Å². The van der Waals surface area contributed by atoms with Crippen molar-refractivity contribution in [2.24, 2.45) is 0 Å². The van der Waals surface area contributed by atoms with Gasteiger partial charge in [0.15, 0.2) is 15.6 Å². The fourth-order valence-electron chi connectivity index (χ4n) is 3.64. The Labute approximate surface area is 210 Å². The van der Waals surface area contributed by atoms with Crippen LogP contribution >= 0.6 is 11.3 Å². The lowest BCUT2D eigenvalue weighted by atomic mass is 9.99. The van der Waals surface area contributed by atoms with E-state index in [0.29, 0.717) is 44.1 Å². The number of nitrogens with one attached hydrogen (secondary N) is 1. The molecule has 0 radical (unpaired) electrons. The van der Waals surface area contributed by atoms with E-state index < -0.39 is 0 Å². The molecule has 5 aromatic rings. The third-order valence-electron chi connectivity index (χ3n) is 5.38. The molecule has 0 saturated carbocycles. The summed E-state index contributed by atoms with van der Waals surface area (Å²) in [5.74, 6) is 0.691. The first-order valence-corrected chi connectivity index (χ1v) is 11.7. The molecule has 5 rings (SSSR count). The fraction of sp³-hybridized carbons (Fsp3) is 0.160. The molecule has 180 valence electrons. The predicted octanol–water partition coefficient (Wildman–Crippen LogP) is 4.49. The molecule has 0 aromatic carbocycles. The van der Waals surface area contributed by atoms with Crippen molar-refractivity contribution in [2.45, 2.75) is 13.8 Å². The molecule has 0 spiro atoms. The maximum atomic E-state index is 13.3. The van der Waals surface area contributed by atoms with E-state index in [-0.39, 0.29) is 5.91 Å². The van der Waals surface area contributed by atoms with Crippen LogP contribution in [0.5, 0.6) is 11.6 Å². The second-order valence-corrected chi connectivity index (χ2v) is 8.82. The molecule has 0 aliphatic heterocycles. The molecular weight excluding hydrogens is 478 g/mol. The van der Waals surface area contributed by atoms with Crippen molar-refractivity contribution in [3.8, 4) is 34.0 Å². The SMILES string of the molecule is COc1cc(-c2cnc3nc(NC(=O)c4cnc(C)cc4-c4cc(C)ncc4OC)sc3n2)ccn1. The Morgan fingerprint density at radius 2 is 1.67 bits per heavy atom. The number of pyridine rings is 3. The number of hydrogen-bond acceptors (Lipinski definition) is 10. The Morgan fingerprint density at radius 1 is 0.889 bits per heavy atom. The monoisotopic (exact) mass is 499 g/mol. The van der Waals surface area contributed by atoms with Crippen molar-refractivity contribution >= 4 is 32.9 Å². The van der Waals surface area contributed by atoms with E-state index in [1.165, 1.54) is 11.3 Å². The quantitative estimate of drug-likeness (QED) is 0.360. The number of thiazole rings is 1. The van der Waals surface area contributed by atoms with Crippen molar-refractivity contribution in [1.29, 1.82) is 0 Å². The van der Waals surface area contributed by atoms with Gasteiger partial charge in [-0.15, -0.1) is 0 Å². The molecule has 1 N–H and O–H groups in total. The Kier molecular flexibility index (Phi) is 6.21. The van der Waals surface area contributed by atoms with Gasteiger partial charge in [-0.3, -0.25) is 20.1 Å². The highest BCUT2D eigenvalue weighted by atomic mass is 32.1. The Bertz CT molecular complexity index is 1600. The summed E-state index contributed by atoms with van der Waals surface area (Å²) in [6, 6.07) is 7.33. The summed E-state index contributed by atoms with van der Waals surface area (Å²) in [4.78, 5) is 40.2. The van der Waals surface area contributed by atoms with E-state index >= 15 is 0 Å². The second kappa shape index (κ2) is 9.62. The molecule has 0 unspecified atom stereocenters. The number of fused-ring (bicyclic) bond motifs is 1. The number of hydrogen-bond donors (Lipinski definition) is 1. The van der Waals surface area contributed by atoms with Gasteiger partial charge in [0.2, 0.25) is 5.88 Å². The first-order chi connectivity index (χ1) is 17.4. The van der Waals surface area contributed by atoms with Gasteiger partial charge in [0, 0.05) is 46.5 Å². The number of methoxy groups -OCH3 is 2. The number of amides is 1. The number of anilines is 1. The van der Waals surface area contributed by atoms with Gasteiger partial charge < -0.3 is 9.47 Å². The molecular formula is C25H21N7O3S. The third-order valence-corrected chi connectivity index (χ3v) is 6.24. The van der Waals surface area contributed by atoms with Crippen molar-refractivity contribution < 1.29 is 14.3 Å². The molecule has 0 aliphatic rings. The van der Waals surface area contributed by atoms with Gasteiger partial charge >= 0.3 is 0 Å². The number of ether oxygens (including phenoxy) is 2. The molecule has 5 aromatic heterocycles. The van der Waals surface area contributed by atoms with Gasteiger partial charge in [-0.2, -0.15) is 4.98 Å². The van der Waals surface area contributed by atoms with Gasteiger partial charge in [0.25, 0.3) is 5.91 Å².